The summed E-state index contributed by atoms with van der Waals surface area (Å²) in [5, 5.41) is 11.0. The predicted molar refractivity (Wildman–Crippen MR) is 117 cm³/mol. The summed E-state index contributed by atoms with van der Waals surface area (Å²) in [6, 6.07) is 17.5. The van der Waals surface area contributed by atoms with E-state index in [-0.39, 0.29) is 5.91 Å². The zero-order chi connectivity index (χ0) is 20.6. The first-order valence-electron chi connectivity index (χ1n) is 10.2. The summed E-state index contributed by atoms with van der Waals surface area (Å²) in [5.74, 6) is -0.0133. The highest BCUT2D eigenvalue weighted by atomic mass is 35.5. The van der Waals surface area contributed by atoms with Gasteiger partial charge in [0.15, 0.2) is 0 Å². The maximum absolute atomic E-state index is 12.8. The van der Waals surface area contributed by atoms with E-state index in [0.29, 0.717) is 36.8 Å². The van der Waals surface area contributed by atoms with Gasteiger partial charge in [-0.2, -0.15) is 0 Å². The Balaban J connectivity index is 1.46. The first-order valence-corrected chi connectivity index (χ1v) is 10.6. The first kappa shape index (κ1) is 21.8. The molecular formula is C23H30ClN3O2. The van der Waals surface area contributed by atoms with Crippen molar-refractivity contribution < 1.29 is 9.90 Å². The van der Waals surface area contributed by atoms with Crippen LogP contribution in [0, 0.1) is 0 Å². The number of hydrogen-bond acceptors (Lipinski definition) is 4. The minimum atomic E-state index is -0.422. The summed E-state index contributed by atoms with van der Waals surface area (Å²) in [4.78, 5) is 19.1. The predicted octanol–water partition coefficient (Wildman–Crippen LogP) is 2.98. The molecule has 1 fully saturated rings. The second-order valence-corrected chi connectivity index (χ2v) is 8.17. The largest absolute Gasteiger partial charge is 0.390 e. The number of β-amino-alcohol motifs (C(OH)–C–C–N with tert-alkyl or cyclic N) is 1. The summed E-state index contributed by atoms with van der Waals surface area (Å²) >= 11 is 6.19. The maximum atomic E-state index is 12.8. The van der Waals surface area contributed by atoms with E-state index in [1.165, 1.54) is 5.56 Å². The lowest BCUT2D eigenvalue weighted by Gasteiger charge is -2.26. The van der Waals surface area contributed by atoms with Crippen molar-refractivity contribution in [2.24, 2.45) is 0 Å². The van der Waals surface area contributed by atoms with Crippen molar-refractivity contribution >= 4 is 17.5 Å². The molecule has 0 spiro atoms. The number of hydrogen-bond donors (Lipinski definition) is 1. The highest BCUT2D eigenvalue weighted by Crippen LogP contribution is 2.18. The average molecular weight is 416 g/mol. The van der Waals surface area contributed by atoms with Gasteiger partial charge in [-0.25, -0.2) is 0 Å². The van der Waals surface area contributed by atoms with Crippen LogP contribution >= 0.6 is 11.6 Å². The summed E-state index contributed by atoms with van der Waals surface area (Å²) in [7, 11) is 2.03. The van der Waals surface area contributed by atoms with Crippen molar-refractivity contribution in [3.8, 4) is 0 Å². The SMILES string of the molecule is CN(Cc1ccccc1)CC(O)CN1CCCN(C(=O)c2ccccc2Cl)CC1. The molecule has 156 valence electrons. The smallest absolute Gasteiger partial charge is 0.255 e. The minimum absolute atomic E-state index is 0.0133. The Hall–Kier alpha value is -1.92. The van der Waals surface area contributed by atoms with Crippen LogP contribution in [0.15, 0.2) is 54.6 Å². The maximum Gasteiger partial charge on any atom is 0.255 e. The van der Waals surface area contributed by atoms with Crippen LogP contribution in [0.4, 0.5) is 0 Å². The molecule has 1 saturated heterocycles. The van der Waals surface area contributed by atoms with Gasteiger partial charge < -0.3 is 10.0 Å². The van der Waals surface area contributed by atoms with Gasteiger partial charge in [-0.05, 0) is 37.7 Å². The third-order valence-electron chi connectivity index (χ3n) is 5.27. The fourth-order valence-corrected chi connectivity index (χ4v) is 4.05. The monoisotopic (exact) mass is 415 g/mol. The summed E-state index contributed by atoms with van der Waals surface area (Å²) in [5.41, 5.74) is 1.80. The fourth-order valence-electron chi connectivity index (χ4n) is 3.84. The van der Waals surface area contributed by atoms with Gasteiger partial charge in [0.25, 0.3) is 5.91 Å². The number of benzene rings is 2. The lowest BCUT2D eigenvalue weighted by atomic mass is 10.2. The Kier molecular flexibility index (Phi) is 8.07. The minimum Gasteiger partial charge on any atom is -0.390 e. The van der Waals surface area contributed by atoms with Crippen molar-refractivity contribution in [1.29, 1.82) is 0 Å². The molecule has 3 rings (SSSR count). The van der Waals surface area contributed by atoms with E-state index >= 15 is 0 Å². The van der Waals surface area contributed by atoms with E-state index in [1.54, 1.807) is 12.1 Å². The average Bonchev–Trinajstić information content (AvgIpc) is 2.94. The van der Waals surface area contributed by atoms with Crippen LogP contribution in [0.25, 0.3) is 0 Å². The molecule has 29 heavy (non-hydrogen) atoms. The molecule has 1 atom stereocenters. The quantitative estimate of drug-likeness (QED) is 0.755. The summed E-state index contributed by atoms with van der Waals surface area (Å²) in [6.07, 6.45) is 0.470. The van der Waals surface area contributed by atoms with Crippen molar-refractivity contribution in [3.63, 3.8) is 0 Å². The molecule has 2 aromatic carbocycles. The number of rotatable bonds is 7. The van der Waals surface area contributed by atoms with E-state index in [4.69, 9.17) is 11.6 Å². The number of aliphatic hydroxyl groups is 1. The number of nitrogens with zero attached hydrogens (tertiary/aromatic N) is 3. The highest BCUT2D eigenvalue weighted by molar-refractivity contribution is 6.33. The van der Waals surface area contributed by atoms with Crippen LogP contribution < -0.4 is 0 Å². The molecule has 1 heterocycles. The van der Waals surface area contributed by atoms with Crippen LogP contribution in [0.2, 0.25) is 5.02 Å². The Bertz CT molecular complexity index is 787. The molecule has 6 heteroatoms. The molecule has 2 aromatic rings. The standard InChI is InChI=1S/C23H30ClN3O2/c1-25(16-19-8-3-2-4-9-19)17-20(28)18-26-12-7-13-27(15-14-26)23(29)21-10-5-6-11-22(21)24/h2-6,8-11,20,28H,7,12-18H2,1H3. The molecule has 1 aliphatic heterocycles. The molecule has 0 saturated carbocycles. The molecule has 1 unspecified atom stereocenters. The second kappa shape index (κ2) is 10.7. The van der Waals surface area contributed by atoms with E-state index in [9.17, 15) is 9.90 Å². The zero-order valence-corrected chi connectivity index (χ0v) is 17.8. The number of likely N-dealkylation sites (N-methyl/N-ethyl adjacent to an activating group) is 1. The fraction of sp³-hybridized carbons (Fsp3) is 0.435. The number of carbonyl (C=O) groups excluding carboxylic acids is 1. The van der Waals surface area contributed by atoms with Gasteiger partial charge in [-0.1, -0.05) is 54.1 Å². The third-order valence-corrected chi connectivity index (χ3v) is 5.60. The van der Waals surface area contributed by atoms with Crippen LogP contribution in [-0.2, 0) is 6.54 Å². The number of amides is 1. The van der Waals surface area contributed by atoms with Crippen molar-refractivity contribution in [2.45, 2.75) is 19.1 Å². The molecule has 1 amide bonds. The normalized spacial score (nSPS) is 16.6. The Morgan fingerprint density at radius 1 is 1.07 bits per heavy atom. The third kappa shape index (κ3) is 6.54. The summed E-state index contributed by atoms with van der Waals surface area (Å²) < 4.78 is 0. The Labute approximate surface area is 178 Å². The highest BCUT2D eigenvalue weighted by Gasteiger charge is 2.23. The number of carbonyl (C=O) groups is 1. The van der Waals surface area contributed by atoms with Gasteiger partial charge in [0.2, 0.25) is 0 Å². The summed E-state index contributed by atoms with van der Waals surface area (Å²) in [6.45, 7) is 5.06. The molecule has 0 radical (unpaired) electrons. The lowest BCUT2D eigenvalue weighted by molar-refractivity contribution is 0.0731. The van der Waals surface area contributed by atoms with Crippen molar-refractivity contribution in [3.05, 3.63) is 70.7 Å². The van der Waals surface area contributed by atoms with Gasteiger partial charge >= 0.3 is 0 Å². The Morgan fingerprint density at radius 2 is 1.79 bits per heavy atom. The topological polar surface area (TPSA) is 47.0 Å². The van der Waals surface area contributed by atoms with Gasteiger partial charge in [-0.15, -0.1) is 0 Å². The molecule has 0 aromatic heterocycles. The molecule has 0 aliphatic carbocycles. The van der Waals surface area contributed by atoms with Crippen molar-refractivity contribution in [2.75, 3.05) is 46.3 Å². The van der Waals surface area contributed by atoms with Gasteiger partial charge in [0.05, 0.1) is 16.7 Å². The van der Waals surface area contributed by atoms with E-state index in [0.717, 1.165) is 26.1 Å². The van der Waals surface area contributed by atoms with E-state index in [2.05, 4.69) is 21.9 Å². The zero-order valence-electron chi connectivity index (χ0n) is 17.0. The second-order valence-electron chi connectivity index (χ2n) is 7.76. The van der Waals surface area contributed by atoms with E-state index < -0.39 is 6.10 Å². The Morgan fingerprint density at radius 3 is 2.55 bits per heavy atom. The number of halogens is 1. The first-order chi connectivity index (χ1) is 14.0. The van der Waals surface area contributed by atoms with Gasteiger partial charge in [0, 0.05) is 39.3 Å². The van der Waals surface area contributed by atoms with Crippen LogP contribution in [-0.4, -0.2) is 78.1 Å². The molecule has 5 nitrogen and oxygen atoms in total. The van der Waals surface area contributed by atoms with Gasteiger partial charge in [-0.3, -0.25) is 14.6 Å². The van der Waals surface area contributed by atoms with Crippen LogP contribution in [0.5, 0.6) is 0 Å². The van der Waals surface area contributed by atoms with Crippen LogP contribution in [0.3, 0.4) is 0 Å². The number of aliphatic hydroxyl groups excluding tert-OH is 1. The molecule has 1 aliphatic rings. The molecule has 0 bridgehead atoms. The lowest BCUT2D eigenvalue weighted by Crippen LogP contribution is -2.41. The van der Waals surface area contributed by atoms with Gasteiger partial charge in [0.1, 0.15) is 0 Å². The molecule has 1 N–H and O–H groups in total. The molecular weight excluding hydrogens is 386 g/mol. The van der Waals surface area contributed by atoms with Crippen molar-refractivity contribution in [1.82, 2.24) is 14.7 Å². The van der Waals surface area contributed by atoms with Crippen LogP contribution in [0.1, 0.15) is 22.3 Å². The van der Waals surface area contributed by atoms with E-state index in [1.807, 2.05) is 42.3 Å².